The van der Waals surface area contributed by atoms with Crippen LogP contribution in [0.15, 0.2) is 0 Å². The van der Waals surface area contributed by atoms with E-state index < -0.39 is 16.0 Å². The van der Waals surface area contributed by atoms with Crippen molar-refractivity contribution in [1.82, 2.24) is 4.72 Å². The van der Waals surface area contributed by atoms with E-state index in [4.69, 9.17) is 9.84 Å². The topological polar surface area (TPSA) is 92.7 Å². The SMILES string of the molecule is O=C(O)C1CCC(CNS(=O)(=O)CCC2CCOCC2)CC1. The van der Waals surface area contributed by atoms with Gasteiger partial charge in [-0.3, -0.25) is 4.79 Å². The molecule has 1 aliphatic carbocycles. The molecule has 128 valence electrons. The molecule has 0 atom stereocenters. The van der Waals surface area contributed by atoms with E-state index in [2.05, 4.69) is 4.72 Å². The summed E-state index contributed by atoms with van der Waals surface area (Å²) in [6.45, 7) is 1.93. The van der Waals surface area contributed by atoms with Crippen molar-refractivity contribution in [3.8, 4) is 0 Å². The Morgan fingerprint density at radius 2 is 1.68 bits per heavy atom. The third kappa shape index (κ3) is 5.85. The van der Waals surface area contributed by atoms with Crippen LogP contribution in [-0.2, 0) is 19.6 Å². The fourth-order valence-electron chi connectivity index (χ4n) is 3.29. The molecule has 0 unspecified atom stereocenters. The predicted octanol–water partition coefficient (Wildman–Crippen LogP) is 1.61. The first-order valence-corrected chi connectivity index (χ1v) is 9.89. The van der Waals surface area contributed by atoms with Gasteiger partial charge in [-0.25, -0.2) is 13.1 Å². The van der Waals surface area contributed by atoms with Crippen molar-refractivity contribution in [2.45, 2.75) is 44.9 Å². The number of carboxylic acids is 1. The van der Waals surface area contributed by atoms with Crippen molar-refractivity contribution in [3.05, 3.63) is 0 Å². The van der Waals surface area contributed by atoms with Crippen LogP contribution >= 0.6 is 0 Å². The molecule has 2 N–H and O–H groups in total. The molecule has 6 nitrogen and oxygen atoms in total. The van der Waals surface area contributed by atoms with Crippen molar-refractivity contribution in [2.24, 2.45) is 17.8 Å². The largest absolute Gasteiger partial charge is 0.481 e. The first kappa shape index (κ1) is 17.7. The Labute approximate surface area is 132 Å². The first-order chi connectivity index (χ1) is 10.5. The molecule has 2 fully saturated rings. The second-order valence-electron chi connectivity index (χ2n) is 6.57. The second kappa shape index (κ2) is 8.26. The number of carboxylic acid groups (broad SMARTS) is 1. The number of nitrogens with one attached hydrogen (secondary N) is 1. The number of sulfonamides is 1. The lowest BCUT2D eigenvalue weighted by Crippen LogP contribution is -2.34. The van der Waals surface area contributed by atoms with Gasteiger partial charge >= 0.3 is 5.97 Å². The number of rotatable bonds is 7. The van der Waals surface area contributed by atoms with Gasteiger partial charge in [-0.1, -0.05) is 0 Å². The van der Waals surface area contributed by atoms with Gasteiger partial charge in [0.25, 0.3) is 0 Å². The summed E-state index contributed by atoms with van der Waals surface area (Å²) < 4.78 is 32.1. The Bertz CT molecular complexity index is 451. The highest BCUT2D eigenvalue weighted by Crippen LogP contribution is 2.28. The van der Waals surface area contributed by atoms with Gasteiger partial charge < -0.3 is 9.84 Å². The van der Waals surface area contributed by atoms with E-state index in [-0.39, 0.29) is 17.6 Å². The zero-order chi connectivity index (χ0) is 16.0. The number of hydrogen-bond donors (Lipinski definition) is 2. The molecule has 7 heteroatoms. The molecule has 0 aromatic rings. The fourth-order valence-corrected chi connectivity index (χ4v) is 4.57. The van der Waals surface area contributed by atoms with Crippen molar-refractivity contribution in [1.29, 1.82) is 0 Å². The van der Waals surface area contributed by atoms with Gasteiger partial charge in [-0.2, -0.15) is 0 Å². The van der Waals surface area contributed by atoms with Crippen LogP contribution in [0.5, 0.6) is 0 Å². The van der Waals surface area contributed by atoms with E-state index in [9.17, 15) is 13.2 Å². The number of carbonyl (C=O) groups is 1. The van der Waals surface area contributed by atoms with E-state index in [0.29, 0.717) is 31.7 Å². The Balaban J connectivity index is 1.65. The average molecular weight is 333 g/mol. The highest BCUT2D eigenvalue weighted by molar-refractivity contribution is 7.89. The van der Waals surface area contributed by atoms with Crippen molar-refractivity contribution >= 4 is 16.0 Å². The van der Waals surface area contributed by atoms with E-state index in [0.717, 1.165) is 38.9 Å². The molecule has 0 aromatic carbocycles. The number of aliphatic carboxylic acids is 1. The normalized spacial score (nSPS) is 27.6. The minimum atomic E-state index is -3.22. The van der Waals surface area contributed by atoms with E-state index >= 15 is 0 Å². The van der Waals surface area contributed by atoms with Gasteiger partial charge in [-0.05, 0) is 56.8 Å². The summed E-state index contributed by atoms with van der Waals surface area (Å²) in [5, 5.41) is 8.96. The van der Waals surface area contributed by atoms with Gasteiger partial charge in [0.2, 0.25) is 10.0 Å². The summed E-state index contributed by atoms with van der Waals surface area (Å²) in [5.41, 5.74) is 0. The van der Waals surface area contributed by atoms with Crippen LogP contribution in [0.25, 0.3) is 0 Å². The van der Waals surface area contributed by atoms with Crippen LogP contribution < -0.4 is 4.72 Å². The molecule has 0 bridgehead atoms. The average Bonchev–Trinajstić information content (AvgIpc) is 2.53. The highest BCUT2D eigenvalue weighted by atomic mass is 32.2. The maximum Gasteiger partial charge on any atom is 0.306 e. The summed E-state index contributed by atoms with van der Waals surface area (Å²) >= 11 is 0. The second-order valence-corrected chi connectivity index (χ2v) is 8.49. The summed E-state index contributed by atoms with van der Waals surface area (Å²) in [4.78, 5) is 10.9. The Hall–Kier alpha value is -0.660. The van der Waals surface area contributed by atoms with Crippen LogP contribution in [0.4, 0.5) is 0 Å². The lowest BCUT2D eigenvalue weighted by Gasteiger charge is -2.26. The molecule has 2 rings (SSSR count). The summed E-state index contributed by atoms with van der Waals surface area (Å²) in [6, 6.07) is 0. The Morgan fingerprint density at radius 3 is 2.27 bits per heavy atom. The van der Waals surface area contributed by atoms with Crippen molar-refractivity contribution < 1.29 is 23.1 Å². The summed E-state index contributed by atoms with van der Waals surface area (Å²) in [6.07, 6.45) is 5.50. The third-order valence-corrected chi connectivity index (χ3v) is 6.30. The monoisotopic (exact) mass is 333 g/mol. The standard InChI is InChI=1S/C15H27NO5S/c17-15(18)14-3-1-13(2-4-14)11-16-22(19,20)10-7-12-5-8-21-9-6-12/h12-14,16H,1-11H2,(H,17,18). The Kier molecular flexibility index (Phi) is 6.65. The smallest absolute Gasteiger partial charge is 0.306 e. The molecule has 0 aromatic heterocycles. The van der Waals surface area contributed by atoms with Gasteiger partial charge in [-0.15, -0.1) is 0 Å². The molecule has 1 heterocycles. The maximum absolute atomic E-state index is 12.1. The molecule has 1 aliphatic heterocycles. The van der Waals surface area contributed by atoms with Crippen LogP contribution in [0.3, 0.4) is 0 Å². The molecule has 1 saturated carbocycles. The van der Waals surface area contributed by atoms with Crippen LogP contribution in [0.1, 0.15) is 44.9 Å². The summed E-state index contributed by atoms with van der Waals surface area (Å²) in [5.74, 6) is -0.0658. The zero-order valence-electron chi connectivity index (χ0n) is 13.0. The van der Waals surface area contributed by atoms with Gasteiger partial charge in [0.1, 0.15) is 0 Å². The van der Waals surface area contributed by atoms with Gasteiger partial charge in [0, 0.05) is 19.8 Å². The van der Waals surface area contributed by atoms with Crippen LogP contribution in [0, 0.1) is 17.8 Å². The Morgan fingerprint density at radius 1 is 1.05 bits per heavy atom. The highest BCUT2D eigenvalue weighted by Gasteiger charge is 2.26. The van der Waals surface area contributed by atoms with E-state index in [1.807, 2.05) is 0 Å². The summed E-state index contributed by atoms with van der Waals surface area (Å²) in [7, 11) is -3.22. The molecule has 0 radical (unpaired) electrons. The number of hydrogen-bond acceptors (Lipinski definition) is 4. The lowest BCUT2D eigenvalue weighted by molar-refractivity contribution is -0.143. The molecular formula is C15H27NO5S. The molecule has 0 amide bonds. The molecule has 22 heavy (non-hydrogen) atoms. The van der Waals surface area contributed by atoms with Gasteiger partial charge in [0.15, 0.2) is 0 Å². The van der Waals surface area contributed by atoms with Crippen LogP contribution in [0.2, 0.25) is 0 Å². The lowest BCUT2D eigenvalue weighted by atomic mass is 9.82. The molecule has 0 spiro atoms. The van der Waals surface area contributed by atoms with E-state index in [1.54, 1.807) is 0 Å². The van der Waals surface area contributed by atoms with Crippen LogP contribution in [-0.4, -0.2) is 45.0 Å². The third-order valence-electron chi connectivity index (χ3n) is 4.92. The predicted molar refractivity (Wildman–Crippen MR) is 83.0 cm³/mol. The molecular weight excluding hydrogens is 306 g/mol. The van der Waals surface area contributed by atoms with Crippen molar-refractivity contribution in [2.75, 3.05) is 25.5 Å². The van der Waals surface area contributed by atoms with Gasteiger partial charge in [0.05, 0.1) is 11.7 Å². The minimum absolute atomic E-state index is 0.183. The first-order valence-electron chi connectivity index (χ1n) is 8.24. The molecule has 2 aliphatic rings. The van der Waals surface area contributed by atoms with E-state index in [1.165, 1.54) is 0 Å². The zero-order valence-corrected chi connectivity index (χ0v) is 13.8. The maximum atomic E-state index is 12.1. The quantitative estimate of drug-likeness (QED) is 0.738. The number of ether oxygens (including phenoxy) is 1. The fraction of sp³-hybridized carbons (Fsp3) is 0.933. The minimum Gasteiger partial charge on any atom is -0.481 e. The molecule has 1 saturated heterocycles. The van der Waals surface area contributed by atoms with Crippen molar-refractivity contribution in [3.63, 3.8) is 0 Å².